The van der Waals surface area contributed by atoms with Crippen molar-refractivity contribution in [2.75, 3.05) is 0 Å². The van der Waals surface area contributed by atoms with E-state index in [0.29, 0.717) is 0 Å². The maximum Gasteiger partial charge on any atom is 0.485 e. The molecule has 0 aliphatic heterocycles. The van der Waals surface area contributed by atoms with Gasteiger partial charge in [-0.05, 0) is 6.42 Å². The van der Waals surface area contributed by atoms with Crippen molar-refractivity contribution in [1.82, 2.24) is 0 Å². The third-order valence-corrected chi connectivity index (χ3v) is 2.80. The van der Waals surface area contributed by atoms with Crippen molar-refractivity contribution >= 4 is 10.1 Å². The highest BCUT2D eigenvalue weighted by atomic mass is 32.2. The standard InChI is InChI=1S/C10H16N.CHF3O3S/c1-3-4-7-10-8-5-6-9-11(10)2;2-1(3,4)8(5,6)7/h5-6,8-9H,3-4,7H2,1-2H3;(H,5,6,7)/q+1;/p-1. The molecule has 1 rings (SSSR count). The number of aryl methyl sites for hydroxylation is 2. The zero-order chi connectivity index (χ0) is 15.1. The average Bonchev–Trinajstić information content (AvgIpc) is 2.26. The number of hydrogen-bond donors (Lipinski definition) is 0. The predicted octanol–water partition coefficient (Wildman–Crippen LogP) is 1.91. The number of alkyl halides is 3. The number of pyridine rings is 1. The molecule has 0 aliphatic rings. The van der Waals surface area contributed by atoms with Gasteiger partial charge in [0.1, 0.15) is 7.05 Å². The Labute approximate surface area is 110 Å². The van der Waals surface area contributed by atoms with Crippen molar-refractivity contribution in [2.45, 2.75) is 31.7 Å². The number of halogens is 3. The van der Waals surface area contributed by atoms with E-state index in [0.717, 1.165) is 0 Å². The Morgan fingerprint density at radius 2 is 1.84 bits per heavy atom. The van der Waals surface area contributed by atoms with Crippen molar-refractivity contribution in [3.63, 3.8) is 0 Å². The van der Waals surface area contributed by atoms with Gasteiger partial charge in [-0.15, -0.1) is 0 Å². The normalized spacial score (nSPS) is 11.7. The van der Waals surface area contributed by atoms with Gasteiger partial charge in [-0.1, -0.05) is 19.4 Å². The van der Waals surface area contributed by atoms with Gasteiger partial charge in [0.05, 0.1) is 0 Å². The van der Waals surface area contributed by atoms with Crippen LogP contribution in [0.2, 0.25) is 0 Å². The number of rotatable bonds is 3. The molecule has 0 saturated heterocycles. The molecule has 19 heavy (non-hydrogen) atoms. The first-order valence-electron chi connectivity index (χ1n) is 5.55. The Balaban J connectivity index is 0.000000362. The van der Waals surface area contributed by atoms with Crippen LogP contribution in [0.25, 0.3) is 0 Å². The van der Waals surface area contributed by atoms with Crippen molar-refractivity contribution in [3.05, 3.63) is 30.1 Å². The fourth-order valence-corrected chi connectivity index (χ4v) is 1.18. The summed E-state index contributed by atoms with van der Waals surface area (Å²) in [4.78, 5) is 0. The molecule has 8 heteroatoms. The molecule has 0 aliphatic carbocycles. The summed E-state index contributed by atoms with van der Waals surface area (Å²) in [6.45, 7) is 2.23. The van der Waals surface area contributed by atoms with Crippen molar-refractivity contribution < 1.29 is 30.7 Å². The maximum atomic E-state index is 10.7. The lowest BCUT2D eigenvalue weighted by Gasteiger charge is -2.08. The van der Waals surface area contributed by atoms with E-state index in [1.165, 1.54) is 25.0 Å². The van der Waals surface area contributed by atoms with E-state index < -0.39 is 15.6 Å². The second kappa shape index (κ2) is 7.44. The number of nitrogens with zero attached hydrogens (tertiary/aromatic N) is 1. The fraction of sp³-hybridized carbons (Fsp3) is 0.545. The summed E-state index contributed by atoms with van der Waals surface area (Å²) in [5.74, 6) is 0. The van der Waals surface area contributed by atoms with Crippen LogP contribution >= 0.6 is 0 Å². The predicted molar refractivity (Wildman–Crippen MR) is 62.0 cm³/mol. The third-order valence-electron chi connectivity index (χ3n) is 2.23. The second-order valence-electron chi connectivity index (χ2n) is 3.81. The molecule has 0 atom stereocenters. The number of hydrogen-bond acceptors (Lipinski definition) is 3. The van der Waals surface area contributed by atoms with Crippen LogP contribution in [-0.4, -0.2) is 18.5 Å². The summed E-state index contributed by atoms with van der Waals surface area (Å²) < 4.78 is 61.1. The summed E-state index contributed by atoms with van der Waals surface area (Å²) in [7, 11) is -3.99. The summed E-state index contributed by atoms with van der Waals surface area (Å²) >= 11 is 0. The van der Waals surface area contributed by atoms with E-state index >= 15 is 0 Å². The largest absolute Gasteiger partial charge is 0.741 e. The second-order valence-corrected chi connectivity index (χ2v) is 5.18. The minimum Gasteiger partial charge on any atom is -0.741 e. The van der Waals surface area contributed by atoms with Crippen molar-refractivity contribution in [1.29, 1.82) is 0 Å². The van der Waals surface area contributed by atoms with Crippen molar-refractivity contribution in [2.24, 2.45) is 7.05 Å². The highest BCUT2D eigenvalue weighted by Crippen LogP contribution is 2.20. The molecule has 110 valence electrons. The van der Waals surface area contributed by atoms with E-state index in [9.17, 15) is 13.2 Å². The van der Waals surface area contributed by atoms with Crippen LogP contribution in [0.4, 0.5) is 13.2 Å². The van der Waals surface area contributed by atoms with Crippen LogP contribution in [0.5, 0.6) is 0 Å². The first-order chi connectivity index (χ1) is 8.59. The van der Waals surface area contributed by atoms with Crippen LogP contribution in [0.1, 0.15) is 25.5 Å². The zero-order valence-corrected chi connectivity index (χ0v) is 11.5. The monoisotopic (exact) mass is 299 g/mol. The van der Waals surface area contributed by atoms with Gasteiger partial charge in [0.2, 0.25) is 0 Å². The Bertz CT molecular complexity index is 486. The van der Waals surface area contributed by atoms with Gasteiger partial charge in [-0.25, -0.2) is 13.0 Å². The van der Waals surface area contributed by atoms with Gasteiger partial charge in [0.25, 0.3) is 0 Å². The van der Waals surface area contributed by atoms with Crippen LogP contribution in [0, 0.1) is 0 Å². The summed E-state index contributed by atoms with van der Waals surface area (Å²) in [6.07, 6.45) is 5.87. The first kappa shape index (κ1) is 17.8. The molecule has 0 bridgehead atoms. The topological polar surface area (TPSA) is 61.1 Å². The lowest BCUT2D eigenvalue weighted by atomic mass is 10.2. The Morgan fingerprint density at radius 1 is 1.32 bits per heavy atom. The molecule has 0 N–H and O–H groups in total. The van der Waals surface area contributed by atoms with E-state index in [-0.39, 0.29) is 0 Å². The summed E-state index contributed by atoms with van der Waals surface area (Å²) in [5.41, 5.74) is -4.22. The molecule has 0 saturated carbocycles. The van der Waals surface area contributed by atoms with Crippen LogP contribution in [-0.2, 0) is 23.6 Å². The van der Waals surface area contributed by atoms with Gasteiger partial charge in [-0.3, -0.25) is 0 Å². The number of aromatic nitrogens is 1. The highest BCUT2D eigenvalue weighted by Gasteiger charge is 2.36. The van der Waals surface area contributed by atoms with Crippen LogP contribution in [0.15, 0.2) is 24.4 Å². The fourth-order valence-electron chi connectivity index (χ4n) is 1.18. The molecule has 0 unspecified atom stereocenters. The molecule has 0 aromatic carbocycles. The molecular formula is C11H16F3NO3S. The summed E-state index contributed by atoms with van der Waals surface area (Å²) in [5, 5.41) is 0. The molecule has 1 aromatic rings. The minimum atomic E-state index is -6.09. The van der Waals surface area contributed by atoms with Gasteiger partial charge in [0.15, 0.2) is 22.0 Å². The molecule has 0 spiro atoms. The number of unbranched alkanes of at least 4 members (excludes halogenated alkanes) is 1. The Hall–Kier alpha value is -1.15. The zero-order valence-electron chi connectivity index (χ0n) is 10.6. The molecule has 1 aromatic heterocycles. The maximum absolute atomic E-state index is 10.7. The van der Waals surface area contributed by atoms with Gasteiger partial charge in [-0.2, -0.15) is 13.2 Å². The van der Waals surface area contributed by atoms with Gasteiger partial charge in [0, 0.05) is 18.6 Å². The van der Waals surface area contributed by atoms with Gasteiger partial charge < -0.3 is 4.55 Å². The van der Waals surface area contributed by atoms with E-state index in [1.54, 1.807) is 0 Å². The van der Waals surface area contributed by atoms with E-state index in [1.807, 2.05) is 0 Å². The van der Waals surface area contributed by atoms with Crippen LogP contribution in [0.3, 0.4) is 0 Å². The van der Waals surface area contributed by atoms with Crippen LogP contribution < -0.4 is 4.57 Å². The lowest BCUT2D eigenvalue weighted by molar-refractivity contribution is -0.679. The molecule has 1 heterocycles. The lowest BCUT2D eigenvalue weighted by Crippen LogP contribution is -2.32. The van der Waals surface area contributed by atoms with E-state index in [4.69, 9.17) is 13.0 Å². The van der Waals surface area contributed by atoms with E-state index in [2.05, 4.69) is 42.9 Å². The average molecular weight is 299 g/mol. The molecule has 0 amide bonds. The quantitative estimate of drug-likeness (QED) is 0.486. The van der Waals surface area contributed by atoms with Gasteiger partial charge >= 0.3 is 5.51 Å². The SMILES string of the molecule is CCCCc1cccc[n+]1C.O=S(=O)([O-])C(F)(F)F. The minimum absolute atomic E-state index is 1.20. The smallest absolute Gasteiger partial charge is 0.485 e. The highest BCUT2D eigenvalue weighted by molar-refractivity contribution is 7.86. The molecule has 0 radical (unpaired) electrons. The molecule has 0 fully saturated rings. The summed E-state index contributed by atoms with van der Waals surface area (Å²) in [6, 6.07) is 6.36. The first-order valence-corrected chi connectivity index (χ1v) is 6.96. The Kier molecular flexibility index (Phi) is 6.99. The third kappa shape index (κ3) is 7.12. The molecule has 4 nitrogen and oxygen atoms in total. The molecular weight excluding hydrogens is 283 g/mol. The Morgan fingerprint density at radius 3 is 2.21 bits per heavy atom. The van der Waals surface area contributed by atoms with Crippen molar-refractivity contribution in [3.8, 4) is 0 Å².